The van der Waals surface area contributed by atoms with E-state index in [2.05, 4.69) is 11.3 Å². The number of benzene rings is 1. The molecule has 0 fully saturated rings. The van der Waals surface area contributed by atoms with E-state index in [0.29, 0.717) is 6.54 Å². The third-order valence-corrected chi connectivity index (χ3v) is 2.05. The van der Waals surface area contributed by atoms with Gasteiger partial charge in [-0.1, -0.05) is 36.9 Å². The van der Waals surface area contributed by atoms with Gasteiger partial charge in [-0.3, -0.25) is 4.55 Å². The molecule has 0 aliphatic heterocycles. The van der Waals surface area contributed by atoms with Crippen LogP contribution in [0.4, 0.5) is 0 Å². The molecule has 0 bridgehead atoms. The van der Waals surface area contributed by atoms with E-state index in [1.807, 2.05) is 24.3 Å². The summed E-state index contributed by atoms with van der Waals surface area (Å²) in [5, 5.41) is 0. The molecule has 2 N–H and O–H groups in total. The van der Waals surface area contributed by atoms with Crippen LogP contribution in [0, 0.1) is 0 Å². The van der Waals surface area contributed by atoms with Crippen LogP contribution in [0.15, 0.2) is 30.8 Å². The topological polar surface area (TPSA) is 49.3 Å². The molecule has 3 nitrogen and oxygen atoms in total. The molecule has 1 unspecified atom stereocenters. The van der Waals surface area contributed by atoms with E-state index in [0.717, 1.165) is 11.1 Å². The summed E-state index contributed by atoms with van der Waals surface area (Å²) in [6, 6.07) is 7.57. The van der Waals surface area contributed by atoms with Crippen molar-refractivity contribution < 1.29 is 8.76 Å². The minimum atomic E-state index is -1.96. The first-order chi connectivity index (χ1) is 6.24. The zero-order valence-corrected chi connectivity index (χ0v) is 7.88. The fourth-order valence-electron chi connectivity index (χ4n) is 1.03. The number of hydrogen-bond acceptors (Lipinski definition) is 1. The number of rotatable bonds is 4. The lowest BCUT2D eigenvalue weighted by Gasteiger charge is -2.04. The van der Waals surface area contributed by atoms with Crippen molar-refractivity contribution in [1.29, 1.82) is 0 Å². The third-order valence-electron chi connectivity index (χ3n) is 1.66. The molecule has 1 atom stereocenters. The van der Waals surface area contributed by atoms with Crippen molar-refractivity contribution in [2.45, 2.75) is 6.54 Å². The molecule has 0 aliphatic rings. The number of nitrogens with one attached hydrogen (secondary N) is 1. The molecular weight excluding hydrogens is 186 g/mol. The summed E-state index contributed by atoms with van der Waals surface area (Å²) < 4.78 is 21.3. The van der Waals surface area contributed by atoms with Gasteiger partial charge in [-0.15, -0.1) is 0 Å². The van der Waals surface area contributed by atoms with Gasteiger partial charge in [-0.25, -0.2) is 8.93 Å². The summed E-state index contributed by atoms with van der Waals surface area (Å²) in [6.07, 6.45) is 1.72. The zero-order valence-electron chi connectivity index (χ0n) is 7.06. The first kappa shape index (κ1) is 10.1. The molecule has 0 radical (unpaired) electrons. The van der Waals surface area contributed by atoms with Gasteiger partial charge in [0, 0.05) is 6.54 Å². The Bertz CT molecular complexity index is 325. The Morgan fingerprint density at radius 1 is 1.54 bits per heavy atom. The molecule has 1 aromatic rings. The van der Waals surface area contributed by atoms with Crippen LogP contribution < -0.4 is 4.72 Å². The van der Waals surface area contributed by atoms with Crippen molar-refractivity contribution in [3.63, 3.8) is 0 Å². The Hall–Kier alpha value is -0.970. The average Bonchev–Trinajstić information content (AvgIpc) is 2.15. The summed E-state index contributed by atoms with van der Waals surface area (Å²) in [4.78, 5) is 0. The SMILES string of the molecule is C=Cc1ccccc1CNS(=O)O. The third kappa shape index (κ3) is 3.10. The van der Waals surface area contributed by atoms with Crippen molar-refractivity contribution in [1.82, 2.24) is 4.72 Å². The van der Waals surface area contributed by atoms with Gasteiger partial charge in [0.2, 0.25) is 11.3 Å². The second-order valence-corrected chi connectivity index (χ2v) is 3.26. The van der Waals surface area contributed by atoms with Crippen molar-refractivity contribution in [3.05, 3.63) is 42.0 Å². The van der Waals surface area contributed by atoms with Crippen LogP contribution in [-0.2, 0) is 17.8 Å². The maximum absolute atomic E-state index is 10.3. The van der Waals surface area contributed by atoms with Crippen LogP contribution in [0.3, 0.4) is 0 Å². The predicted molar refractivity (Wildman–Crippen MR) is 54.1 cm³/mol. The Labute approximate surface area is 79.9 Å². The highest BCUT2D eigenvalue weighted by molar-refractivity contribution is 7.77. The molecule has 0 heterocycles. The second kappa shape index (κ2) is 4.91. The summed E-state index contributed by atoms with van der Waals surface area (Å²) in [7, 11) is 0. The summed E-state index contributed by atoms with van der Waals surface area (Å²) in [6.45, 7) is 4.02. The Morgan fingerprint density at radius 3 is 2.85 bits per heavy atom. The van der Waals surface area contributed by atoms with Gasteiger partial charge in [0.1, 0.15) is 0 Å². The molecule has 0 aromatic heterocycles. The van der Waals surface area contributed by atoms with Gasteiger partial charge in [0.25, 0.3) is 0 Å². The molecule has 1 aromatic carbocycles. The first-order valence-electron chi connectivity index (χ1n) is 3.78. The molecule has 4 heteroatoms. The quantitative estimate of drug-likeness (QED) is 0.719. The van der Waals surface area contributed by atoms with Crippen LogP contribution >= 0.6 is 0 Å². The fourth-order valence-corrected chi connectivity index (χ4v) is 1.31. The zero-order chi connectivity index (χ0) is 9.68. The van der Waals surface area contributed by atoms with Crippen LogP contribution in [0.1, 0.15) is 11.1 Å². The molecule has 1 rings (SSSR count). The lowest BCUT2D eigenvalue weighted by Crippen LogP contribution is -2.15. The Balaban J connectivity index is 2.75. The van der Waals surface area contributed by atoms with Crippen molar-refractivity contribution in [2.24, 2.45) is 0 Å². The minimum Gasteiger partial charge on any atom is -0.294 e. The van der Waals surface area contributed by atoms with Gasteiger partial charge in [-0.2, -0.15) is 0 Å². The lowest BCUT2D eigenvalue weighted by atomic mass is 10.1. The van der Waals surface area contributed by atoms with Gasteiger partial charge in [0.05, 0.1) is 0 Å². The van der Waals surface area contributed by atoms with E-state index in [1.54, 1.807) is 6.08 Å². The number of hydrogen-bond donors (Lipinski definition) is 2. The van der Waals surface area contributed by atoms with Gasteiger partial charge in [-0.05, 0) is 11.1 Å². The van der Waals surface area contributed by atoms with E-state index in [4.69, 9.17) is 4.55 Å². The largest absolute Gasteiger partial charge is 0.294 e. The van der Waals surface area contributed by atoms with E-state index in [1.165, 1.54) is 0 Å². The van der Waals surface area contributed by atoms with Crippen molar-refractivity contribution in [3.8, 4) is 0 Å². The maximum atomic E-state index is 10.3. The van der Waals surface area contributed by atoms with E-state index < -0.39 is 11.3 Å². The van der Waals surface area contributed by atoms with Crippen molar-refractivity contribution in [2.75, 3.05) is 0 Å². The predicted octanol–water partition coefficient (Wildman–Crippen LogP) is 1.56. The standard InChI is InChI=1S/C9H11NO2S/c1-2-8-5-3-4-6-9(8)7-10-13(11)12/h2-6,10H,1,7H2,(H,11,12). The van der Waals surface area contributed by atoms with Crippen LogP contribution in [-0.4, -0.2) is 8.76 Å². The molecule has 0 spiro atoms. The highest BCUT2D eigenvalue weighted by Gasteiger charge is 1.98. The van der Waals surface area contributed by atoms with Crippen LogP contribution in [0.5, 0.6) is 0 Å². The minimum absolute atomic E-state index is 0.366. The molecule has 0 aliphatic carbocycles. The lowest BCUT2D eigenvalue weighted by molar-refractivity contribution is 0.548. The first-order valence-corrected chi connectivity index (χ1v) is 4.89. The van der Waals surface area contributed by atoms with Crippen LogP contribution in [0.25, 0.3) is 6.08 Å². The summed E-state index contributed by atoms with van der Waals surface area (Å²) in [5.74, 6) is 0. The highest BCUT2D eigenvalue weighted by atomic mass is 32.2. The average molecular weight is 197 g/mol. The van der Waals surface area contributed by atoms with Gasteiger partial charge >= 0.3 is 0 Å². The Kier molecular flexibility index (Phi) is 3.82. The molecular formula is C9H11NO2S. The highest BCUT2D eigenvalue weighted by Crippen LogP contribution is 2.09. The normalized spacial score (nSPS) is 12.4. The monoisotopic (exact) mass is 197 g/mol. The molecule has 0 amide bonds. The maximum Gasteiger partial charge on any atom is 0.232 e. The van der Waals surface area contributed by atoms with Gasteiger partial charge < -0.3 is 0 Å². The van der Waals surface area contributed by atoms with E-state index >= 15 is 0 Å². The molecule has 0 saturated heterocycles. The second-order valence-electron chi connectivity index (χ2n) is 2.47. The summed E-state index contributed by atoms with van der Waals surface area (Å²) >= 11 is -1.96. The smallest absolute Gasteiger partial charge is 0.232 e. The Morgan fingerprint density at radius 2 is 2.23 bits per heavy atom. The summed E-state index contributed by atoms with van der Waals surface area (Å²) in [5.41, 5.74) is 1.93. The van der Waals surface area contributed by atoms with E-state index in [-0.39, 0.29) is 0 Å². The molecule has 13 heavy (non-hydrogen) atoms. The van der Waals surface area contributed by atoms with Crippen molar-refractivity contribution >= 4 is 17.3 Å². The van der Waals surface area contributed by atoms with E-state index in [9.17, 15) is 4.21 Å². The molecule has 0 saturated carbocycles. The fraction of sp³-hybridized carbons (Fsp3) is 0.111. The van der Waals surface area contributed by atoms with Crippen LogP contribution in [0.2, 0.25) is 0 Å². The molecule has 70 valence electrons. The van der Waals surface area contributed by atoms with Gasteiger partial charge in [0.15, 0.2) is 0 Å².